The third-order valence-corrected chi connectivity index (χ3v) is 3.91. The summed E-state index contributed by atoms with van der Waals surface area (Å²) in [7, 11) is 0. The minimum atomic E-state index is -2.89. The van der Waals surface area contributed by atoms with Gasteiger partial charge in [-0.25, -0.2) is 13.6 Å². The summed E-state index contributed by atoms with van der Waals surface area (Å²) in [6, 6.07) is 14.1. The highest BCUT2D eigenvalue weighted by Crippen LogP contribution is 2.35. The summed E-state index contributed by atoms with van der Waals surface area (Å²) in [5, 5.41) is 0.524. The monoisotopic (exact) mass is 314 g/mol. The normalized spacial score (nSPS) is 11.6. The smallest absolute Gasteiger partial charge is 0.345 e. The van der Waals surface area contributed by atoms with Crippen LogP contribution in [0.25, 0.3) is 22.1 Å². The van der Waals surface area contributed by atoms with Crippen LogP contribution in [0.2, 0.25) is 0 Å². The van der Waals surface area contributed by atoms with Crippen LogP contribution in [0.1, 0.15) is 37.3 Å². The number of benzene rings is 2. The second kappa shape index (κ2) is 5.95. The highest BCUT2D eigenvalue weighted by molar-refractivity contribution is 5.95. The average molecular weight is 314 g/mol. The zero-order chi connectivity index (χ0) is 16.6. The highest BCUT2D eigenvalue weighted by Gasteiger charge is 2.23. The molecule has 23 heavy (non-hydrogen) atoms. The molecule has 3 aromatic rings. The maximum absolute atomic E-state index is 13.4. The lowest BCUT2D eigenvalue weighted by atomic mass is 9.94. The molecule has 1 aromatic heterocycles. The van der Waals surface area contributed by atoms with E-state index in [9.17, 15) is 13.6 Å². The van der Waals surface area contributed by atoms with Gasteiger partial charge in [-0.1, -0.05) is 56.3 Å². The number of fused-ring (bicyclic) bond motifs is 1. The summed E-state index contributed by atoms with van der Waals surface area (Å²) in [5.41, 5.74) is 0.599. The van der Waals surface area contributed by atoms with Gasteiger partial charge < -0.3 is 4.42 Å². The molecule has 0 saturated heterocycles. The van der Waals surface area contributed by atoms with Crippen LogP contribution in [-0.2, 0) is 0 Å². The highest BCUT2D eigenvalue weighted by atomic mass is 19.3. The fraction of sp³-hybridized carbons (Fsp3) is 0.211. The van der Waals surface area contributed by atoms with Crippen molar-refractivity contribution in [2.75, 3.05) is 0 Å². The van der Waals surface area contributed by atoms with Crippen LogP contribution in [0.3, 0.4) is 0 Å². The van der Waals surface area contributed by atoms with E-state index in [1.54, 1.807) is 42.5 Å². The predicted molar refractivity (Wildman–Crippen MR) is 87.0 cm³/mol. The van der Waals surface area contributed by atoms with Crippen molar-refractivity contribution < 1.29 is 13.2 Å². The van der Waals surface area contributed by atoms with Gasteiger partial charge in [-0.15, -0.1) is 0 Å². The number of hydrogen-bond acceptors (Lipinski definition) is 2. The number of alkyl halides is 2. The molecule has 118 valence electrons. The molecule has 0 atom stereocenters. The van der Waals surface area contributed by atoms with E-state index in [0.717, 1.165) is 5.56 Å². The molecule has 0 amide bonds. The van der Waals surface area contributed by atoms with Crippen LogP contribution in [0.5, 0.6) is 0 Å². The Kier molecular flexibility index (Phi) is 3.99. The molecule has 0 aliphatic heterocycles. The minimum Gasteiger partial charge on any atom is -0.422 e. The van der Waals surface area contributed by atoms with E-state index in [1.807, 2.05) is 19.9 Å². The van der Waals surface area contributed by atoms with E-state index in [1.165, 1.54) is 0 Å². The van der Waals surface area contributed by atoms with Crippen LogP contribution >= 0.6 is 0 Å². The van der Waals surface area contributed by atoms with Crippen LogP contribution in [-0.4, -0.2) is 0 Å². The van der Waals surface area contributed by atoms with Crippen molar-refractivity contribution in [1.29, 1.82) is 0 Å². The Balaban J connectivity index is 2.42. The maximum atomic E-state index is 13.4. The Labute approximate surface area is 132 Å². The molecule has 1 heterocycles. The van der Waals surface area contributed by atoms with Crippen molar-refractivity contribution in [3.05, 3.63) is 70.1 Å². The second-order valence-corrected chi connectivity index (χ2v) is 5.76. The van der Waals surface area contributed by atoms with Gasteiger partial charge in [-0.3, -0.25) is 0 Å². The molecule has 2 aromatic carbocycles. The Morgan fingerprint density at radius 3 is 2.30 bits per heavy atom. The summed E-state index contributed by atoms with van der Waals surface area (Å²) in [6.07, 6.45) is -2.89. The molecule has 0 unspecified atom stereocenters. The van der Waals surface area contributed by atoms with E-state index in [-0.39, 0.29) is 11.5 Å². The second-order valence-electron chi connectivity index (χ2n) is 5.76. The van der Waals surface area contributed by atoms with Crippen LogP contribution in [0.4, 0.5) is 8.78 Å². The first-order valence-corrected chi connectivity index (χ1v) is 7.43. The van der Waals surface area contributed by atoms with E-state index in [4.69, 9.17) is 4.42 Å². The predicted octanol–water partition coefficient (Wildman–Crippen LogP) is 5.52. The SMILES string of the molecule is CC(C)c1ccc2c(-c3ccccc3)c(C(F)F)c(=O)oc2c1. The third kappa shape index (κ3) is 2.77. The van der Waals surface area contributed by atoms with Gasteiger partial charge >= 0.3 is 5.63 Å². The number of rotatable bonds is 3. The summed E-state index contributed by atoms with van der Waals surface area (Å²) < 4.78 is 32.1. The fourth-order valence-corrected chi connectivity index (χ4v) is 2.71. The van der Waals surface area contributed by atoms with E-state index in [0.29, 0.717) is 16.5 Å². The first-order valence-electron chi connectivity index (χ1n) is 7.43. The molecule has 0 bridgehead atoms. The molecule has 0 radical (unpaired) electrons. The summed E-state index contributed by atoms with van der Waals surface area (Å²) in [4.78, 5) is 12.1. The quantitative estimate of drug-likeness (QED) is 0.596. The van der Waals surface area contributed by atoms with E-state index >= 15 is 0 Å². The Morgan fingerprint density at radius 2 is 1.70 bits per heavy atom. The molecule has 0 fully saturated rings. The molecule has 0 N–H and O–H groups in total. The molecule has 4 heteroatoms. The summed E-state index contributed by atoms with van der Waals surface area (Å²) >= 11 is 0. The first kappa shape index (κ1) is 15.4. The molecular formula is C19H16F2O2. The van der Waals surface area contributed by atoms with Crippen molar-refractivity contribution in [3.8, 4) is 11.1 Å². The lowest BCUT2D eigenvalue weighted by molar-refractivity contribution is 0.147. The van der Waals surface area contributed by atoms with E-state index < -0.39 is 17.6 Å². The molecule has 0 saturated carbocycles. The molecule has 3 rings (SSSR count). The molecule has 0 aliphatic carbocycles. The van der Waals surface area contributed by atoms with Crippen molar-refractivity contribution in [2.24, 2.45) is 0 Å². The molecule has 0 spiro atoms. The molecule has 0 aliphatic rings. The maximum Gasteiger partial charge on any atom is 0.345 e. The van der Waals surface area contributed by atoms with Gasteiger partial charge in [0.25, 0.3) is 6.43 Å². The van der Waals surface area contributed by atoms with Crippen LogP contribution in [0.15, 0.2) is 57.7 Å². The van der Waals surface area contributed by atoms with Crippen LogP contribution in [0, 0.1) is 0 Å². The first-order chi connectivity index (χ1) is 11.0. The summed E-state index contributed by atoms with van der Waals surface area (Å²) in [5.74, 6) is 0.250. The van der Waals surface area contributed by atoms with Gasteiger partial charge in [0, 0.05) is 10.9 Å². The Bertz CT molecular complexity index is 896. The van der Waals surface area contributed by atoms with Gasteiger partial charge in [0.1, 0.15) is 11.1 Å². The topological polar surface area (TPSA) is 30.2 Å². The van der Waals surface area contributed by atoms with Gasteiger partial charge in [-0.05, 0) is 23.1 Å². The van der Waals surface area contributed by atoms with Gasteiger partial charge in [-0.2, -0.15) is 0 Å². The average Bonchev–Trinajstić information content (AvgIpc) is 2.53. The van der Waals surface area contributed by atoms with Crippen molar-refractivity contribution in [3.63, 3.8) is 0 Å². The van der Waals surface area contributed by atoms with Crippen molar-refractivity contribution in [2.45, 2.75) is 26.2 Å². The minimum absolute atomic E-state index is 0.250. The van der Waals surface area contributed by atoms with E-state index in [2.05, 4.69) is 0 Å². The van der Waals surface area contributed by atoms with Crippen LogP contribution < -0.4 is 5.63 Å². The lowest BCUT2D eigenvalue weighted by Crippen LogP contribution is -2.10. The standard InChI is InChI=1S/C19H16F2O2/c1-11(2)13-8-9-14-15(10-13)23-19(22)17(18(20)21)16(14)12-6-4-3-5-7-12/h3-11,18H,1-2H3. The Morgan fingerprint density at radius 1 is 1.00 bits per heavy atom. The largest absolute Gasteiger partial charge is 0.422 e. The molecule has 2 nitrogen and oxygen atoms in total. The fourth-order valence-electron chi connectivity index (χ4n) is 2.71. The zero-order valence-electron chi connectivity index (χ0n) is 12.8. The number of halogens is 2. The summed E-state index contributed by atoms with van der Waals surface area (Å²) in [6.45, 7) is 4.04. The molecular weight excluding hydrogens is 298 g/mol. The lowest BCUT2D eigenvalue weighted by Gasteiger charge is -2.13. The Hall–Kier alpha value is -2.49. The van der Waals surface area contributed by atoms with Crippen molar-refractivity contribution >= 4 is 11.0 Å². The number of hydrogen-bond donors (Lipinski definition) is 0. The third-order valence-electron chi connectivity index (χ3n) is 3.91. The van der Waals surface area contributed by atoms with Gasteiger partial charge in [0.15, 0.2) is 0 Å². The van der Waals surface area contributed by atoms with Gasteiger partial charge in [0.05, 0.1) is 0 Å². The van der Waals surface area contributed by atoms with Crippen molar-refractivity contribution in [1.82, 2.24) is 0 Å². The zero-order valence-corrected chi connectivity index (χ0v) is 12.8. The van der Waals surface area contributed by atoms with Gasteiger partial charge in [0.2, 0.25) is 0 Å².